The minimum absolute atomic E-state index is 0.355. The molecule has 2 aromatic carbocycles. The maximum atomic E-state index is 12.2. The number of sulfonamides is 1. The van der Waals surface area contributed by atoms with Gasteiger partial charge in [-0.25, -0.2) is 8.42 Å². The third-order valence-corrected chi connectivity index (χ3v) is 5.09. The summed E-state index contributed by atoms with van der Waals surface area (Å²) >= 11 is 0. The van der Waals surface area contributed by atoms with Gasteiger partial charge in [0, 0.05) is 6.42 Å². The van der Waals surface area contributed by atoms with Gasteiger partial charge < -0.3 is 4.74 Å². The van der Waals surface area contributed by atoms with Crippen LogP contribution in [0.5, 0.6) is 5.75 Å². The molecule has 126 valence electrons. The van der Waals surface area contributed by atoms with Crippen molar-refractivity contribution in [1.82, 2.24) is 4.41 Å². The zero-order valence-corrected chi connectivity index (χ0v) is 14.7. The van der Waals surface area contributed by atoms with E-state index in [9.17, 15) is 8.42 Å². The van der Waals surface area contributed by atoms with Gasteiger partial charge in [0.2, 0.25) is 10.0 Å². The van der Waals surface area contributed by atoms with E-state index in [1.807, 2.05) is 55.5 Å². The first kappa shape index (κ1) is 16.5. The summed E-state index contributed by atoms with van der Waals surface area (Å²) in [4.78, 5) is 0. The average molecular weight is 344 g/mol. The molecule has 0 bridgehead atoms. The van der Waals surface area contributed by atoms with Crippen LogP contribution in [0.2, 0.25) is 0 Å². The standard InChI is InChI=1S/C18H20N2O3S/c1-13-7-9-14(10-8-13)17-12-18(20(19-17)24(3,21)22)15-5-4-6-16(11-15)23-2/h4-11,18H,12H2,1-3H3/t18-/m0/s1. The molecule has 3 rings (SSSR count). The fraction of sp³-hybridized carbons (Fsp3) is 0.278. The zero-order valence-electron chi connectivity index (χ0n) is 13.9. The van der Waals surface area contributed by atoms with Crippen LogP contribution in [0.25, 0.3) is 0 Å². The molecule has 1 aliphatic rings. The average Bonchev–Trinajstić information content (AvgIpc) is 3.01. The minimum atomic E-state index is -3.46. The Labute approximate surface area is 142 Å². The summed E-state index contributed by atoms with van der Waals surface area (Å²) in [5.74, 6) is 0.699. The van der Waals surface area contributed by atoms with Crippen molar-refractivity contribution in [2.24, 2.45) is 5.10 Å². The molecule has 0 unspecified atom stereocenters. The van der Waals surface area contributed by atoms with E-state index in [2.05, 4.69) is 5.10 Å². The summed E-state index contributed by atoms with van der Waals surface area (Å²) in [6.45, 7) is 2.02. The minimum Gasteiger partial charge on any atom is -0.497 e. The van der Waals surface area contributed by atoms with E-state index in [-0.39, 0.29) is 6.04 Å². The van der Waals surface area contributed by atoms with Crippen molar-refractivity contribution in [3.8, 4) is 5.75 Å². The van der Waals surface area contributed by atoms with E-state index in [4.69, 9.17) is 4.74 Å². The molecular formula is C18H20N2O3S. The van der Waals surface area contributed by atoms with Crippen LogP contribution in [-0.4, -0.2) is 31.9 Å². The molecule has 5 nitrogen and oxygen atoms in total. The normalized spacial score (nSPS) is 17.7. The molecule has 0 aromatic heterocycles. The lowest BCUT2D eigenvalue weighted by Crippen LogP contribution is -2.25. The second-order valence-corrected chi connectivity index (χ2v) is 7.78. The molecule has 0 amide bonds. The molecule has 0 saturated carbocycles. The summed E-state index contributed by atoms with van der Waals surface area (Å²) in [6.07, 6.45) is 1.71. The Balaban J connectivity index is 2.00. The highest BCUT2D eigenvalue weighted by Gasteiger charge is 2.34. The van der Waals surface area contributed by atoms with Crippen molar-refractivity contribution in [2.45, 2.75) is 19.4 Å². The smallest absolute Gasteiger partial charge is 0.247 e. The van der Waals surface area contributed by atoms with Crippen LogP contribution < -0.4 is 4.74 Å². The Morgan fingerprint density at radius 3 is 2.50 bits per heavy atom. The lowest BCUT2D eigenvalue weighted by atomic mass is 9.98. The molecule has 2 aromatic rings. The van der Waals surface area contributed by atoms with Gasteiger partial charge in [-0.3, -0.25) is 0 Å². The first-order valence-corrected chi connectivity index (χ1v) is 9.51. The summed E-state index contributed by atoms with van der Waals surface area (Å²) in [5.41, 5.74) is 3.74. The van der Waals surface area contributed by atoms with Crippen LogP contribution in [0.3, 0.4) is 0 Å². The second kappa shape index (κ2) is 6.28. The number of hydrazone groups is 1. The molecule has 6 heteroatoms. The van der Waals surface area contributed by atoms with Crippen LogP contribution in [0.4, 0.5) is 0 Å². The maximum absolute atomic E-state index is 12.2. The Bertz CT molecular complexity index is 873. The first-order valence-electron chi connectivity index (χ1n) is 7.66. The molecule has 0 saturated heterocycles. The van der Waals surface area contributed by atoms with Crippen molar-refractivity contribution in [3.05, 3.63) is 65.2 Å². The van der Waals surface area contributed by atoms with E-state index in [0.717, 1.165) is 22.4 Å². The Hall–Kier alpha value is -2.34. The van der Waals surface area contributed by atoms with Crippen molar-refractivity contribution < 1.29 is 13.2 Å². The Kier molecular flexibility index (Phi) is 4.32. The van der Waals surface area contributed by atoms with Gasteiger partial charge in [-0.05, 0) is 30.2 Å². The number of hydrogen-bond donors (Lipinski definition) is 0. The summed E-state index contributed by atoms with van der Waals surface area (Å²) < 4.78 is 30.8. The summed E-state index contributed by atoms with van der Waals surface area (Å²) in [6, 6.07) is 15.1. The SMILES string of the molecule is COc1cccc([C@@H]2CC(c3ccc(C)cc3)=NN2S(C)(=O)=O)c1. The van der Waals surface area contributed by atoms with Gasteiger partial charge in [-0.1, -0.05) is 42.0 Å². The van der Waals surface area contributed by atoms with Crippen LogP contribution in [0.15, 0.2) is 53.6 Å². The van der Waals surface area contributed by atoms with E-state index in [1.165, 1.54) is 10.7 Å². The van der Waals surface area contributed by atoms with Crippen LogP contribution in [-0.2, 0) is 10.0 Å². The Morgan fingerprint density at radius 1 is 1.17 bits per heavy atom. The van der Waals surface area contributed by atoms with E-state index < -0.39 is 10.0 Å². The van der Waals surface area contributed by atoms with Gasteiger partial charge in [0.1, 0.15) is 5.75 Å². The van der Waals surface area contributed by atoms with Gasteiger partial charge in [0.05, 0.1) is 25.1 Å². The molecule has 1 heterocycles. The molecule has 0 N–H and O–H groups in total. The first-order chi connectivity index (χ1) is 11.4. The quantitative estimate of drug-likeness (QED) is 0.856. The van der Waals surface area contributed by atoms with Crippen LogP contribution >= 0.6 is 0 Å². The third kappa shape index (κ3) is 3.28. The van der Waals surface area contributed by atoms with Crippen LogP contribution in [0.1, 0.15) is 29.2 Å². The second-order valence-electron chi connectivity index (χ2n) is 5.94. The van der Waals surface area contributed by atoms with Gasteiger partial charge >= 0.3 is 0 Å². The van der Waals surface area contributed by atoms with Crippen molar-refractivity contribution in [3.63, 3.8) is 0 Å². The molecule has 0 radical (unpaired) electrons. The largest absolute Gasteiger partial charge is 0.497 e. The number of nitrogens with zero attached hydrogens (tertiary/aromatic N) is 2. The molecule has 0 fully saturated rings. The lowest BCUT2D eigenvalue weighted by molar-refractivity contribution is 0.371. The maximum Gasteiger partial charge on any atom is 0.247 e. The summed E-state index contributed by atoms with van der Waals surface area (Å²) in [5, 5.41) is 4.39. The monoisotopic (exact) mass is 344 g/mol. The predicted octanol–water partition coefficient (Wildman–Crippen LogP) is 3.11. The highest BCUT2D eigenvalue weighted by Crippen LogP contribution is 2.35. The lowest BCUT2D eigenvalue weighted by Gasteiger charge is -2.21. The number of ether oxygens (including phenoxy) is 1. The van der Waals surface area contributed by atoms with E-state index in [1.54, 1.807) is 7.11 Å². The predicted molar refractivity (Wildman–Crippen MR) is 94.8 cm³/mol. The fourth-order valence-corrected chi connectivity index (χ4v) is 3.72. The van der Waals surface area contributed by atoms with Gasteiger partial charge in [-0.15, -0.1) is 0 Å². The van der Waals surface area contributed by atoms with Crippen LogP contribution in [0, 0.1) is 6.92 Å². The van der Waals surface area contributed by atoms with Gasteiger partial charge in [-0.2, -0.15) is 9.52 Å². The molecule has 0 aliphatic carbocycles. The molecule has 24 heavy (non-hydrogen) atoms. The molecule has 0 spiro atoms. The van der Waals surface area contributed by atoms with Crippen molar-refractivity contribution in [1.29, 1.82) is 0 Å². The number of rotatable bonds is 4. The third-order valence-electron chi connectivity index (χ3n) is 4.08. The number of methoxy groups -OCH3 is 1. The highest BCUT2D eigenvalue weighted by molar-refractivity contribution is 7.88. The highest BCUT2D eigenvalue weighted by atomic mass is 32.2. The number of benzene rings is 2. The Morgan fingerprint density at radius 2 is 1.88 bits per heavy atom. The van der Waals surface area contributed by atoms with E-state index in [0.29, 0.717) is 12.2 Å². The topological polar surface area (TPSA) is 59.0 Å². The van der Waals surface area contributed by atoms with Gasteiger partial charge in [0.15, 0.2) is 0 Å². The van der Waals surface area contributed by atoms with Gasteiger partial charge in [0.25, 0.3) is 0 Å². The molecular weight excluding hydrogens is 324 g/mol. The zero-order chi connectivity index (χ0) is 17.3. The molecule has 1 atom stereocenters. The van der Waals surface area contributed by atoms with E-state index >= 15 is 0 Å². The number of aryl methyl sites for hydroxylation is 1. The summed E-state index contributed by atoms with van der Waals surface area (Å²) in [7, 11) is -1.87. The fourth-order valence-electron chi connectivity index (χ4n) is 2.81. The van der Waals surface area contributed by atoms with Crippen molar-refractivity contribution >= 4 is 15.7 Å². The number of hydrogen-bond acceptors (Lipinski definition) is 4. The molecule has 1 aliphatic heterocycles. The van der Waals surface area contributed by atoms with Crippen molar-refractivity contribution in [2.75, 3.05) is 13.4 Å².